The van der Waals surface area contributed by atoms with Gasteiger partial charge in [-0.3, -0.25) is 4.99 Å². The Bertz CT molecular complexity index is 443. The second kappa shape index (κ2) is 12.8. The smallest absolute Gasteiger partial charge is 0.410 e. The largest absolute Gasteiger partial charge is 0.444 e. The van der Waals surface area contributed by atoms with Crippen molar-refractivity contribution >= 4 is 12.1 Å². The first-order valence-electron chi connectivity index (χ1n) is 10.3. The molecule has 0 saturated heterocycles. The van der Waals surface area contributed by atoms with Crippen molar-refractivity contribution in [2.45, 2.75) is 73.3 Å². The number of aliphatic hydroxyl groups is 1. The summed E-state index contributed by atoms with van der Waals surface area (Å²) in [6.07, 6.45) is 2.42. The summed E-state index contributed by atoms with van der Waals surface area (Å²) in [5, 5.41) is 15.9. The van der Waals surface area contributed by atoms with Gasteiger partial charge >= 0.3 is 6.09 Å². The standard InChI is InChI=1S/C20H42N4O3/c1-8-20(9-2,12-15-25)16-23-17(21-10-3)22-13-14-24(11-4)18(26)27-19(5,6)7/h25H,8-16H2,1-7H3,(H2,21,22,23). The highest BCUT2D eigenvalue weighted by atomic mass is 16.6. The number of nitrogens with zero attached hydrogens (tertiary/aromatic N) is 2. The molecule has 0 aliphatic carbocycles. The van der Waals surface area contributed by atoms with Crippen LogP contribution in [-0.4, -0.2) is 67.0 Å². The molecule has 0 unspecified atom stereocenters. The topological polar surface area (TPSA) is 86.2 Å². The van der Waals surface area contributed by atoms with E-state index >= 15 is 0 Å². The van der Waals surface area contributed by atoms with Gasteiger partial charge in [0.1, 0.15) is 5.60 Å². The highest BCUT2D eigenvalue weighted by Gasteiger charge is 2.25. The van der Waals surface area contributed by atoms with Crippen LogP contribution in [0.2, 0.25) is 0 Å². The van der Waals surface area contributed by atoms with Gasteiger partial charge in [0.25, 0.3) is 0 Å². The van der Waals surface area contributed by atoms with Crippen LogP contribution in [0.4, 0.5) is 4.79 Å². The van der Waals surface area contributed by atoms with Gasteiger partial charge in [-0.1, -0.05) is 13.8 Å². The molecule has 1 amide bonds. The molecular formula is C20H42N4O3. The van der Waals surface area contributed by atoms with Crippen LogP contribution < -0.4 is 10.6 Å². The molecule has 0 aromatic rings. The van der Waals surface area contributed by atoms with Crippen LogP contribution in [0.25, 0.3) is 0 Å². The molecule has 0 rings (SSSR count). The molecule has 160 valence electrons. The van der Waals surface area contributed by atoms with Crippen LogP contribution in [0.3, 0.4) is 0 Å². The fraction of sp³-hybridized carbons (Fsp3) is 0.900. The highest BCUT2D eigenvalue weighted by Crippen LogP contribution is 2.30. The van der Waals surface area contributed by atoms with E-state index in [1.807, 2.05) is 34.6 Å². The third-order valence-corrected chi connectivity index (χ3v) is 4.77. The van der Waals surface area contributed by atoms with E-state index in [1.165, 1.54) is 0 Å². The first kappa shape index (κ1) is 25.5. The summed E-state index contributed by atoms with van der Waals surface area (Å²) in [5.74, 6) is 0.738. The molecule has 3 N–H and O–H groups in total. The zero-order valence-corrected chi connectivity index (χ0v) is 18.5. The number of aliphatic hydroxyl groups excluding tert-OH is 1. The van der Waals surface area contributed by atoms with Gasteiger partial charge in [0.2, 0.25) is 0 Å². The molecule has 0 spiro atoms. The van der Waals surface area contributed by atoms with Crippen LogP contribution in [0.5, 0.6) is 0 Å². The minimum atomic E-state index is -0.495. The maximum absolute atomic E-state index is 12.2. The van der Waals surface area contributed by atoms with Crippen molar-refractivity contribution in [3.63, 3.8) is 0 Å². The summed E-state index contributed by atoms with van der Waals surface area (Å²) in [6, 6.07) is 0. The van der Waals surface area contributed by atoms with Crippen LogP contribution in [0.15, 0.2) is 4.99 Å². The van der Waals surface area contributed by atoms with Gasteiger partial charge in [-0.2, -0.15) is 0 Å². The molecule has 7 heteroatoms. The van der Waals surface area contributed by atoms with E-state index in [-0.39, 0.29) is 18.1 Å². The summed E-state index contributed by atoms with van der Waals surface area (Å²) < 4.78 is 5.43. The summed E-state index contributed by atoms with van der Waals surface area (Å²) >= 11 is 0. The average molecular weight is 387 g/mol. The first-order valence-corrected chi connectivity index (χ1v) is 10.3. The van der Waals surface area contributed by atoms with E-state index < -0.39 is 5.60 Å². The number of likely N-dealkylation sites (N-methyl/N-ethyl adjacent to an activating group) is 1. The van der Waals surface area contributed by atoms with Crippen LogP contribution in [-0.2, 0) is 4.74 Å². The van der Waals surface area contributed by atoms with Gasteiger partial charge in [0, 0.05) is 39.3 Å². The second-order valence-electron chi connectivity index (χ2n) is 7.86. The third kappa shape index (κ3) is 10.4. The van der Waals surface area contributed by atoms with Crippen molar-refractivity contribution in [2.75, 3.05) is 39.3 Å². The molecule has 0 atom stereocenters. The summed E-state index contributed by atoms with van der Waals surface area (Å²) in [5.41, 5.74) is -0.465. The zero-order valence-electron chi connectivity index (χ0n) is 18.5. The number of aliphatic imine (C=N–C) groups is 1. The van der Waals surface area contributed by atoms with Gasteiger partial charge in [-0.25, -0.2) is 4.79 Å². The SMILES string of the molecule is CCNC(=NCC(CC)(CC)CCO)NCCN(CC)C(=O)OC(C)(C)C. The van der Waals surface area contributed by atoms with Crippen molar-refractivity contribution in [1.29, 1.82) is 0 Å². The Morgan fingerprint density at radius 3 is 2.19 bits per heavy atom. The van der Waals surface area contributed by atoms with Crippen molar-refractivity contribution in [3.8, 4) is 0 Å². The molecule has 0 bridgehead atoms. The van der Waals surface area contributed by atoms with Gasteiger partial charge in [-0.15, -0.1) is 0 Å². The number of guanidine groups is 1. The van der Waals surface area contributed by atoms with Crippen LogP contribution >= 0.6 is 0 Å². The number of hydrogen-bond acceptors (Lipinski definition) is 4. The molecule has 0 heterocycles. The van der Waals surface area contributed by atoms with E-state index in [1.54, 1.807) is 4.90 Å². The van der Waals surface area contributed by atoms with E-state index in [0.29, 0.717) is 26.2 Å². The first-order chi connectivity index (χ1) is 12.7. The minimum Gasteiger partial charge on any atom is -0.444 e. The molecule has 0 aromatic carbocycles. The number of hydrogen-bond donors (Lipinski definition) is 3. The lowest BCUT2D eigenvalue weighted by Gasteiger charge is -2.29. The van der Waals surface area contributed by atoms with Crippen molar-refractivity contribution < 1.29 is 14.6 Å². The Morgan fingerprint density at radius 2 is 1.74 bits per heavy atom. The summed E-state index contributed by atoms with van der Waals surface area (Å²) in [4.78, 5) is 18.6. The number of ether oxygens (including phenoxy) is 1. The fourth-order valence-electron chi connectivity index (χ4n) is 2.75. The molecule has 27 heavy (non-hydrogen) atoms. The number of carbonyl (C=O) groups excluding carboxylic acids is 1. The third-order valence-electron chi connectivity index (χ3n) is 4.77. The van der Waals surface area contributed by atoms with Gasteiger partial charge in [-0.05, 0) is 59.3 Å². The highest BCUT2D eigenvalue weighted by molar-refractivity contribution is 5.79. The number of nitrogens with one attached hydrogen (secondary N) is 2. The van der Waals surface area contributed by atoms with E-state index in [0.717, 1.165) is 31.8 Å². The zero-order chi connectivity index (χ0) is 20.9. The quantitative estimate of drug-likeness (QED) is 0.375. The maximum Gasteiger partial charge on any atom is 0.410 e. The second-order valence-corrected chi connectivity index (χ2v) is 7.86. The Morgan fingerprint density at radius 1 is 1.11 bits per heavy atom. The summed E-state index contributed by atoms with van der Waals surface area (Å²) in [6.45, 7) is 17.2. The van der Waals surface area contributed by atoms with Crippen LogP contribution in [0.1, 0.15) is 67.7 Å². The van der Waals surface area contributed by atoms with E-state index in [2.05, 4.69) is 24.5 Å². The minimum absolute atomic E-state index is 0.0308. The van der Waals surface area contributed by atoms with Crippen molar-refractivity contribution in [3.05, 3.63) is 0 Å². The lowest BCUT2D eigenvalue weighted by molar-refractivity contribution is 0.0264. The predicted octanol–water partition coefficient (Wildman–Crippen LogP) is 2.99. The van der Waals surface area contributed by atoms with Gasteiger partial charge in [0.15, 0.2) is 5.96 Å². The van der Waals surface area contributed by atoms with Gasteiger partial charge < -0.3 is 25.4 Å². The molecule has 0 aliphatic heterocycles. The van der Waals surface area contributed by atoms with Gasteiger partial charge in [0.05, 0.1) is 0 Å². The predicted molar refractivity (Wildman–Crippen MR) is 112 cm³/mol. The van der Waals surface area contributed by atoms with Crippen molar-refractivity contribution in [1.82, 2.24) is 15.5 Å². The Labute approximate surface area is 165 Å². The number of rotatable bonds is 11. The van der Waals surface area contributed by atoms with Crippen LogP contribution in [0, 0.1) is 5.41 Å². The molecule has 0 fully saturated rings. The lowest BCUT2D eigenvalue weighted by atomic mass is 9.79. The fourth-order valence-corrected chi connectivity index (χ4v) is 2.75. The maximum atomic E-state index is 12.2. The number of amides is 1. The molecule has 0 radical (unpaired) electrons. The molecule has 7 nitrogen and oxygen atoms in total. The van der Waals surface area contributed by atoms with E-state index in [9.17, 15) is 9.90 Å². The Hall–Kier alpha value is -1.50. The van der Waals surface area contributed by atoms with E-state index in [4.69, 9.17) is 9.73 Å². The number of carbonyl (C=O) groups is 1. The summed E-state index contributed by atoms with van der Waals surface area (Å²) in [7, 11) is 0. The monoisotopic (exact) mass is 386 g/mol. The average Bonchev–Trinajstić information content (AvgIpc) is 2.60. The normalized spacial score (nSPS) is 12.7. The Kier molecular flexibility index (Phi) is 12.1. The van der Waals surface area contributed by atoms with Crippen molar-refractivity contribution in [2.24, 2.45) is 10.4 Å². The molecule has 0 aliphatic rings. The molecule has 0 saturated carbocycles. The molecular weight excluding hydrogens is 344 g/mol. The lowest BCUT2D eigenvalue weighted by Crippen LogP contribution is -2.44. The Balaban J connectivity index is 4.79. The molecule has 0 aromatic heterocycles.